The molecular formula is C11H13BrFNO3. The van der Waals surface area contributed by atoms with Crippen molar-refractivity contribution in [1.82, 2.24) is 5.32 Å². The summed E-state index contributed by atoms with van der Waals surface area (Å²) in [5.74, 6) is -1.35. The van der Waals surface area contributed by atoms with Gasteiger partial charge in [-0.2, -0.15) is 0 Å². The predicted octanol–water partition coefficient (Wildman–Crippen LogP) is 1.06. The van der Waals surface area contributed by atoms with Crippen molar-refractivity contribution in [3.05, 3.63) is 34.1 Å². The lowest BCUT2D eigenvalue weighted by atomic mass is 10.0. The van der Waals surface area contributed by atoms with E-state index in [4.69, 9.17) is 10.2 Å². The van der Waals surface area contributed by atoms with Crippen molar-refractivity contribution < 1.29 is 19.4 Å². The molecule has 0 atom stereocenters. The number of carbonyl (C=O) groups excluding carboxylic acids is 1. The normalized spacial score (nSPS) is 11.4. The monoisotopic (exact) mass is 305 g/mol. The standard InChI is InChI=1S/C11H13BrFNO3/c1-11(5-15,6-16)14-10(17)8-3-2-7(12)4-9(8)13/h2-4,15-16H,5-6H2,1H3,(H,14,17). The van der Waals surface area contributed by atoms with E-state index in [1.807, 2.05) is 0 Å². The van der Waals surface area contributed by atoms with Crippen molar-refractivity contribution in [2.24, 2.45) is 0 Å². The Bertz CT molecular complexity index is 421. The molecule has 1 aromatic carbocycles. The molecule has 1 rings (SSSR count). The van der Waals surface area contributed by atoms with E-state index < -0.39 is 30.5 Å². The highest BCUT2D eigenvalue weighted by molar-refractivity contribution is 9.10. The smallest absolute Gasteiger partial charge is 0.254 e. The maximum atomic E-state index is 13.5. The first-order valence-electron chi connectivity index (χ1n) is 4.91. The van der Waals surface area contributed by atoms with Gasteiger partial charge in [0.05, 0.1) is 24.3 Å². The molecule has 1 amide bonds. The van der Waals surface area contributed by atoms with Gasteiger partial charge in [-0.05, 0) is 25.1 Å². The van der Waals surface area contributed by atoms with Gasteiger partial charge in [0.2, 0.25) is 0 Å². The van der Waals surface area contributed by atoms with Crippen molar-refractivity contribution in [1.29, 1.82) is 0 Å². The molecule has 0 bridgehead atoms. The molecule has 0 saturated carbocycles. The zero-order valence-corrected chi connectivity index (χ0v) is 10.8. The van der Waals surface area contributed by atoms with Crippen LogP contribution in [0.5, 0.6) is 0 Å². The number of benzene rings is 1. The number of rotatable bonds is 4. The lowest BCUT2D eigenvalue weighted by Crippen LogP contribution is -2.51. The van der Waals surface area contributed by atoms with E-state index in [2.05, 4.69) is 21.2 Å². The molecule has 17 heavy (non-hydrogen) atoms. The predicted molar refractivity (Wildman–Crippen MR) is 64.1 cm³/mol. The fourth-order valence-corrected chi connectivity index (χ4v) is 1.48. The molecular weight excluding hydrogens is 293 g/mol. The number of halogens is 2. The second kappa shape index (κ2) is 5.57. The minimum absolute atomic E-state index is 0.138. The first-order valence-corrected chi connectivity index (χ1v) is 5.70. The summed E-state index contributed by atoms with van der Waals surface area (Å²) < 4.78 is 14.0. The largest absolute Gasteiger partial charge is 0.394 e. The van der Waals surface area contributed by atoms with Crippen LogP contribution < -0.4 is 5.32 Å². The lowest BCUT2D eigenvalue weighted by molar-refractivity contribution is 0.0720. The number of hydrogen-bond donors (Lipinski definition) is 3. The Labute approximate surface area is 107 Å². The highest BCUT2D eigenvalue weighted by Crippen LogP contribution is 2.16. The molecule has 6 heteroatoms. The molecule has 1 aromatic rings. The highest BCUT2D eigenvalue weighted by atomic mass is 79.9. The van der Waals surface area contributed by atoms with Crippen LogP contribution in [-0.2, 0) is 0 Å². The van der Waals surface area contributed by atoms with Crippen LogP contribution in [0.15, 0.2) is 22.7 Å². The molecule has 0 aromatic heterocycles. The molecule has 0 heterocycles. The average Bonchev–Trinajstić information content (AvgIpc) is 2.28. The van der Waals surface area contributed by atoms with Crippen LogP contribution in [0.2, 0.25) is 0 Å². The van der Waals surface area contributed by atoms with Gasteiger partial charge in [0.15, 0.2) is 0 Å². The number of carbonyl (C=O) groups is 1. The van der Waals surface area contributed by atoms with Gasteiger partial charge in [-0.15, -0.1) is 0 Å². The molecule has 0 spiro atoms. The minimum Gasteiger partial charge on any atom is -0.394 e. The SMILES string of the molecule is CC(CO)(CO)NC(=O)c1ccc(Br)cc1F. The Morgan fingerprint density at radius 2 is 2.06 bits per heavy atom. The molecule has 3 N–H and O–H groups in total. The van der Waals surface area contributed by atoms with Crippen molar-refractivity contribution in [2.75, 3.05) is 13.2 Å². The van der Waals surface area contributed by atoms with Crippen LogP contribution >= 0.6 is 15.9 Å². The summed E-state index contributed by atoms with van der Waals surface area (Å²) >= 11 is 3.08. The second-order valence-corrected chi connectivity index (χ2v) is 4.87. The second-order valence-electron chi connectivity index (χ2n) is 3.96. The molecule has 0 fully saturated rings. The third-order valence-corrected chi connectivity index (χ3v) is 2.78. The summed E-state index contributed by atoms with van der Waals surface area (Å²) in [6.45, 7) is 0.586. The van der Waals surface area contributed by atoms with Crippen LogP contribution in [0.4, 0.5) is 4.39 Å². The Balaban J connectivity index is 2.90. The first-order chi connectivity index (χ1) is 7.91. The van der Waals surface area contributed by atoms with Gasteiger partial charge in [0, 0.05) is 4.47 Å². The van der Waals surface area contributed by atoms with E-state index in [0.717, 1.165) is 0 Å². The summed E-state index contributed by atoms with van der Waals surface area (Å²) in [6, 6.07) is 4.03. The Kier molecular flexibility index (Phi) is 4.62. The van der Waals surface area contributed by atoms with Crippen LogP contribution in [0.25, 0.3) is 0 Å². The van der Waals surface area contributed by atoms with Gasteiger partial charge in [0.25, 0.3) is 5.91 Å². The zero-order valence-electron chi connectivity index (χ0n) is 9.20. The van der Waals surface area contributed by atoms with E-state index in [1.54, 1.807) is 0 Å². The van der Waals surface area contributed by atoms with E-state index in [-0.39, 0.29) is 5.56 Å². The van der Waals surface area contributed by atoms with Crippen molar-refractivity contribution in [3.8, 4) is 0 Å². The fourth-order valence-electron chi connectivity index (χ4n) is 1.14. The van der Waals surface area contributed by atoms with E-state index in [9.17, 15) is 9.18 Å². The average molecular weight is 306 g/mol. The van der Waals surface area contributed by atoms with Gasteiger partial charge >= 0.3 is 0 Å². The summed E-state index contributed by atoms with van der Waals surface area (Å²) in [5.41, 5.74) is -1.31. The number of hydrogen-bond acceptors (Lipinski definition) is 3. The van der Waals surface area contributed by atoms with Gasteiger partial charge in [-0.3, -0.25) is 4.79 Å². The van der Waals surface area contributed by atoms with Crippen LogP contribution in [0.1, 0.15) is 17.3 Å². The Morgan fingerprint density at radius 3 is 2.53 bits per heavy atom. The molecule has 94 valence electrons. The summed E-state index contributed by atoms with van der Waals surface area (Å²) in [6.07, 6.45) is 0. The summed E-state index contributed by atoms with van der Waals surface area (Å²) in [5, 5.41) is 20.4. The fraction of sp³-hybridized carbons (Fsp3) is 0.364. The molecule has 0 unspecified atom stereocenters. The van der Waals surface area contributed by atoms with Crippen LogP contribution in [0.3, 0.4) is 0 Å². The summed E-state index contributed by atoms with van der Waals surface area (Å²) in [4.78, 5) is 11.7. The van der Waals surface area contributed by atoms with E-state index in [1.165, 1.54) is 25.1 Å². The zero-order chi connectivity index (χ0) is 13.1. The number of aliphatic hydroxyl groups is 2. The van der Waals surface area contributed by atoms with Crippen LogP contribution in [-0.4, -0.2) is 34.9 Å². The number of aliphatic hydroxyl groups excluding tert-OH is 2. The third kappa shape index (κ3) is 3.49. The van der Waals surface area contributed by atoms with E-state index in [0.29, 0.717) is 4.47 Å². The summed E-state index contributed by atoms with van der Waals surface area (Å²) in [7, 11) is 0. The lowest BCUT2D eigenvalue weighted by Gasteiger charge is -2.26. The van der Waals surface area contributed by atoms with Crippen LogP contribution in [0, 0.1) is 5.82 Å². The molecule has 4 nitrogen and oxygen atoms in total. The number of amides is 1. The quantitative estimate of drug-likeness (QED) is 0.779. The molecule has 0 aliphatic heterocycles. The maximum Gasteiger partial charge on any atom is 0.254 e. The van der Waals surface area contributed by atoms with E-state index >= 15 is 0 Å². The Hall–Kier alpha value is -0.980. The first kappa shape index (κ1) is 14.1. The number of nitrogens with one attached hydrogen (secondary N) is 1. The van der Waals surface area contributed by atoms with Gasteiger partial charge in [-0.25, -0.2) is 4.39 Å². The molecule has 0 saturated heterocycles. The molecule has 0 aliphatic carbocycles. The van der Waals surface area contributed by atoms with Gasteiger partial charge < -0.3 is 15.5 Å². The van der Waals surface area contributed by atoms with Crippen molar-refractivity contribution in [2.45, 2.75) is 12.5 Å². The minimum atomic E-state index is -1.17. The third-order valence-electron chi connectivity index (χ3n) is 2.29. The van der Waals surface area contributed by atoms with Gasteiger partial charge in [0.1, 0.15) is 5.82 Å². The van der Waals surface area contributed by atoms with Gasteiger partial charge in [-0.1, -0.05) is 15.9 Å². The topological polar surface area (TPSA) is 69.6 Å². The maximum absolute atomic E-state index is 13.5. The molecule has 0 radical (unpaired) electrons. The van der Waals surface area contributed by atoms with Crippen molar-refractivity contribution in [3.63, 3.8) is 0 Å². The highest BCUT2D eigenvalue weighted by Gasteiger charge is 2.26. The Morgan fingerprint density at radius 1 is 1.47 bits per heavy atom. The van der Waals surface area contributed by atoms with Crippen molar-refractivity contribution >= 4 is 21.8 Å². The molecule has 0 aliphatic rings.